The number of nitrogens with zero attached hydrogens (tertiary/aromatic N) is 2. The molecule has 1 atom stereocenters. The molecule has 5 heteroatoms. The molecule has 17 heavy (non-hydrogen) atoms. The van der Waals surface area contributed by atoms with Crippen molar-refractivity contribution in [3.05, 3.63) is 11.8 Å². The van der Waals surface area contributed by atoms with Gasteiger partial charge in [-0.15, -0.1) is 0 Å². The van der Waals surface area contributed by atoms with Gasteiger partial charge < -0.3 is 14.8 Å². The molecule has 0 bridgehead atoms. The minimum atomic E-state index is 0.219. The van der Waals surface area contributed by atoms with E-state index in [1.54, 1.807) is 7.11 Å². The average Bonchev–Trinajstić information content (AvgIpc) is 2.28. The molecule has 1 N–H and O–H groups in total. The molecule has 96 valence electrons. The number of hydrogen-bond donors (Lipinski definition) is 1. The smallest absolute Gasteiger partial charge is 0.226 e. The molecule has 1 heterocycles. The van der Waals surface area contributed by atoms with Crippen molar-refractivity contribution < 1.29 is 9.47 Å². The summed E-state index contributed by atoms with van der Waals surface area (Å²) in [5, 5.41) is 3.24. The fourth-order valence-electron chi connectivity index (χ4n) is 1.47. The van der Waals surface area contributed by atoms with Crippen molar-refractivity contribution in [2.24, 2.45) is 0 Å². The molecule has 0 saturated heterocycles. The zero-order valence-electron chi connectivity index (χ0n) is 11.0. The number of hydrogen-bond acceptors (Lipinski definition) is 5. The molecule has 0 aliphatic heterocycles. The van der Waals surface area contributed by atoms with Crippen LogP contribution in [0.5, 0.6) is 5.88 Å². The van der Waals surface area contributed by atoms with E-state index < -0.39 is 0 Å². The zero-order valence-corrected chi connectivity index (χ0v) is 11.0. The van der Waals surface area contributed by atoms with Crippen molar-refractivity contribution >= 4 is 5.95 Å². The molecule has 1 aromatic rings. The highest BCUT2D eigenvalue weighted by Crippen LogP contribution is 2.13. The minimum absolute atomic E-state index is 0.219. The lowest BCUT2D eigenvalue weighted by atomic mass is 10.2. The van der Waals surface area contributed by atoms with Gasteiger partial charge in [-0.3, -0.25) is 0 Å². The number of nitrogens with one attached hydrogen (secondary N) is 1. The second-order valence-corrected chi connectivity index (χ2v) is 3.81. The van der Waals surface area contributed by atoms with Crippen LogP contribution in [0.4, 0.5) is 5.95 Å². The standard InChI is InChI=1S/C12H21N3O2/c1-5-10(8-16-4)14-12-13-9(3)7-11(15-12)17-6-2/h7,10H,5-6,8H2,1-4H3,(H,13,14,15). The van der Waals surface area contributed by atoms with E-state index in [-0.39, 0.29) is 6.04 Å². The maximum atomic E-state index is 5.38. The zero-order chi connectivity index (χ0) is 12.7. The summed E-state index contributed by atoms with van der Waals surface area (Å²) in [7, 11) is 1.69. The number of ether oxygens (including phenoxy) is 2. The Labute approximate surface area is 103 Å². The van der Waals surface area contributed by atoms with E-state index in [0.29, 0.717) is 25.0 Å². The first-order valence-corrected chi connectivity index (χ1v) is 5.93. The Balaban J connectivity index is 2.75. The summed E-state index contributed by atoms with van der Waals surface area (Å²) in [6, 6.07) is 2.04. The van der Waals surface area contributed by atoms with Crippen LogP contribution in [0.2, 0.25) is 0 Å². The van der Waals surface area contributed by atoms with Crippen LogP contribution < -0.4 is 10.1 Å². The Morgan fingerprint density at radius 3 is 2.71 bits per heavy atom. The molecule has 1 aromatic heterocycles. The summed E-state index contributed by atoms with van der Waals surface area (Å²) < 4.78 is 10.5. The normalized spacial score (nSPS) is 12.2. The lowest BCUT2D eigenvalue weighted by Gasteiger charge is -2.16. The summed E-state index contributed by atoms with van der Waals surface area (Å²) in [6.07, 6.45) is 0.953. The van der Waals surface area contributed by atoms with E-state index >= 15 is 0 Å². The molecule has 0 aromatic carbocycles. The van der Waals surface area contributed by atoms with Gasteiger partial charge >= 0.3 is 0 Å². The van der Waals surface area contributed by atoms with E-state index in [1.165, 1.54) is 0 Å². The van der Waals surface area contributed by atoms with Crippen LogP contribution in [0.15, 0.2) is 6.07 Å². The molecule has 5 nitrogen and oxygen atoms in total. The first-order valence-electron chi connectivity index (χ1n) is 5.93. The highest BCUT2D eigenvalue weighted by Gasteiger charge is 2.09. The molecule has 0 aliphatic rings. The molecule has 0 saturated carbocycles. The number of aryl methyl sites for hydroxylation is 1. The third-order valence-corrected chi connectivity index (χ3v) is 2.32. The van der Waals surface area contributed by atoms with Crippen LogP contribution in [-0.2, 0) is 4.74 Å². The van der Waals surface area contributed by atoms with Gasteiger partial charge in [0.15, 0.2) is 0 Å². The lowest BCUT2D eigenvalue weighted by molar-refractivity contribution is 0.184. The van der Waals surface area contributed by atoms with Crippen LogP contribution >= 0.6 is 0 Å². The van der Waals surface area contributed by atoms with Gasteiger partial charge in [0.1, 0.15) is 0 Å². The number of aromatic nitrogens is 2. The number of rotatable bonds is 7. The molecule has 0 aliphatic carbocycles. The lowest BCUT2D eigenvalue weighted by Crippen LogP contribution is -2.25. The van der Waals surface area contributed by atoms with Crippen molar-refractivity contribution in [2.75, 3.05) is 25.6 Å². The van der Waals surface area contributed by atoms with Crippen LogP contribution in [0.3, 0.4) is 0 Å². The first-order chi connectivity index (χ1) is 8.19. The predicted octanol–water partition coefficient (Wildman–Crippen LogP) is 2.02. The number of methoxy groups -OCH3 is 1. The van der Waals surface area contributed by atoms with Gasteiger partial charge in [-0.2, -0.15) is 4.98 Å². The Morgan fingerprint density at radius 2 is 2.12 bits per heavy atom. The molecular weight excluding hydrogens is 218 g/mol. The third-order valence-electron chi connectivity index (χ3n) is 2.32. The molecule has 0 radical (unpaired) electrons. The third kappa shape index (κ3) is 4.56. The monoisotopic (exact) mass is 239 g/mol. The molecule has 1 rings (SSSR count). The number of anilines is 1. The fourth-order valence-corrected chi connectivity index (χ4v) is 1.47. The van der Waals surface area contributed by atoms with Gasteiger partial charge in [-0.25, -0.2) is 4.98 Å². The first kappa shape index (κ1) is 13.7. The van der Waals surface area contributed by atoms with Crippen molar-refractivity contribution in [3.8, 4) is 5.88 Å². The molecule has 0 amide bonds. The molecule has 0 fully saturated rings. The van der Waals surface area contributed by atoms with Crippen molar-refractivity contribution in [2.45, 2.75) is 33.2 Å². The Bertz CT molecular complexity index is 345. The SMILES string of the molecule is CCOc1cc(C)nc(NC(CC)COC)n1. The van der Waals surface area contributed by atoms with Crippen LogP contribution in [0, 0.1) is 6.92 Å². The Hall–Kier alpha value is -1.36. The second-order valence-electron chi connectivity index (χ2n) is 3.81. The largest absolute Gasteiger partial charge is 0.478 e. The summed E-state index contributed by atoms with van der Waals surface area (Å²) in [5.41, 5.74) is 0.887. The van der Waals surface area contributed by atoms with E-state index in [2.05, 4.69) is 22.2 Å². The predicted molar refractivity (Wildman–Crippen MR) is 67.5 cm³/mol. The van der Waals surface area contributed by atoms with Gasteiger partial charge in [-0.1, -0.05) is 6.92 Å². The molecule has 0 spiro atoms. The maximum Gasteiger partial charge on any atom is 0.226 e. The van der Waals surface area contributed by atoms with Crippen LogP contribution in [0.25, 0.3) is 0 Å². The fraction of sp³-hybridized carbons (Fsp3) is 0.667. The maximum absolute atomic E-state index is 5.38. The van der Waals surface area contributed by atoms with Crippen molar-refractivity contribution in [3.63, 3.8) is 0 Å². The topological polar surface area (TPSA) is 56.3 Å². The highest BCUT2D eigenvalue weighted by molar-refractivity contribution is 5.31. The van der Waals surface area contributed by atoms with Gasteiger partial charge in [0, 0.05) is 18.9 Å². The molecular formula is C12H21N3O2. The van der Waals surface area contributed by atoms with E-state index in [9.17, 15) is 0 Å². The van der Waals surface area contributed by atoms with E-state index in [0.717, 1.165) is 12.1 Å². The van der Waals surface area contributed by atoms with Gasteiger partial charge in [0.2, 0.25) is 11.8 Å². The van der Waals surface area contributed by atoms with Gasteiger partial charge in [0.05, 0.1) is 19.3 Å². The highest BCUT2D eigenvalue weighted by atomic mass is 16.5. The van der Waals surface area contributed by atoms with Crippen LogP contribution in [0.1, 0.15) is 26.0 Å². The summed E-state index contributed by atoms with van der Waals surface area (Å²) in [5.74, 6) is 1.20. The van der Waals surface area contributed by atoms with Gasteiger partial charge in [0.25, 0.3) is 0 Å². The Kier molecular flexibility index (Phi) is 5.69. The average molecular weight is 239 g/mol. The van der Waals surface area contributed by atoms with Crippen molar-refractivity contribution in [1.82, 2.24) is 9.97 Å². The quantitative estimate of drug-likeness (QED) is 0.789. The summed E-state index contributed by atoms with van der Waals surface area (Å²) >= 11 is 0. The Morgan fingerprint density at radius 1 is 1.35 bits per heavy atom. The second kappa shape index (κ2) is 7.06. The van der Waals surface area contributed by atoms with Crippen LogP contribution in [-0.4, -0.2) is 36.3 Å². The van der Waals surface area contributed by atoms with E-state index in [1.807, 2.05) is 19.9 Å². The van der Waals surface area contributed by atoms with Crippen molar-refractivity contribution in [1.29, 1.82) is 0 Å². The van der Waals surface area contributed by atoms with Gasteiger partial charge in [-0.05, 0) is 20.3 Å². The molecule has 1 unspecified atom stereocenters. The van der Waals surface area contributed by atoms with E-state index in [4.69, 9.17) is 9.47 Å². The summed E-state index contributed by atoms with van der Waals surface area (Å²) in [4.78, 5) is 8.62. The minimum Gasteiger partial charge on any atom is -0.478 e. The summed E-state index contributed by atoms with van der Waals surface area (Å²) in [6.45, 7) is 7.19.